The molecule has 5 amide bonds. The molecular weight excluding hydrogens is 850 g/mol. The van der Waals surface area contributed by atoms with Crippen LogP contribution in [0, 0.1) is 31.3 Å². The Hall–Kier alpha value is -6.66. The van der Waals surface area contributed by atoms with E-state index in [0.29, 0.717) is 29.2 Å². The van der Waals surface area contributed by atoms with Gasteiger partial charge in [-0.2, -0.15) is 5.26 Å². The SMILES string of the molecule is N#C[C@@H]1CCCN1C(=O)CNC(=O)N(Cc1nccn1CC(=O)N(CC(=O)O)CC(=O)O)Cc1nccn1CC(=O)N(CC(=O)O)CC(=O)O.[C-]#[O+].[C-]#[O+].[C-]#[O+].[Tc+7]. The van der Waals surface area contributed by atoms with Crippen molar-refractivity contribution in [3.05, 3.63) is 56.4 Å². The van der Waals surface area contributed by atoms with Crippen LogP contribution in [0.25, 0.3) is 0 Å². The van der Waals surface area contributed by atoms with Crippen molar-refractivity contribution in [2.24, 2.45) is 0 Å². The van der Waals surface area contributed by atoms with E-state index in [1.165, 1.54) is 38.8 Å². The van der Waals surface area contributed by atoms with Crippen LogP contribution in [-0.4, -0.2) is 152 Å². The largest absolute Gasteiger partial charge is 7.00 e. The first-order valence-electron chi connectivity index (χ1n) is 15.4. The van der Waals surface area contributed by atoms with Crippen LogP contribution in [0.4, 0.5) is 4.79 Å². The number of likely N-dealkylation sites (tertiary alicyclic amines) is 1. The third-order valence-electron chi connectivity index (χ3n) is 7.29. The number of nitriles is 1. The summed E-state index contributed by atoms with van der Waals surface area (Å²) in [5, 5.41) is 48.3. The zero-order valence-electron chi connectivity index (χ0n) is 29.6. The maximum absolute atomic E-state index is 13.5. The first-order valence-corrected chi connectivity index (χ1v) is 15.4. The second kappa shape index (κ2) is 27.9. The Labute approximate surface area is 335 Å². The normalized spacial score (nSPS) is 12.0. The van der Waals surface area contributed by atoms with Crippen molar-refractivity contribution in [2.75, 3.05) is 39.3 Å². The smallest absolute Gasteiger partial charge is 7.00 e. The van der Waals surface area contributed by atoms with Crippen molar-refractivity contribution in [1.29, 1.82) is 5.26 Å². The number of amides is 5. The Morgan fingerprint density at radius 2 is 1.12 bits per heavy atom. The maximum Gasteiger partial charge on any atom is 7.00 e. The van der Waals surface area contributed by atoms with E-state index in [2.05, 4.69) is 35.2 Å². The van der Waals surface area contributed by atoms with Crippen molar-refractivity contribution in [3.63, 3.8) is 0 Å². The third kappa shape index (κ3) is 18.0. The molecule has 298 valence electrons. The number of nitrogens with zero attached hydrogens (tertiary/aromatic N) is 9. The van der Waals surface area contributed by atoms with Crippen LogP contribution in [0.15, 0.2) is 24.8 Å². The van der Waals surface area contributed by atoms with Crippen LogP contribution in [0.3, 0.4) is 0 Å². The predicted molar refractivity (Wildman–Crippen MR) is 173 cm³/mol. The summed E-state index contributed by atoms with van der Waals surface area (Å²) in [6.07, 6.45) is 6.31. The van der Waals surface area contributed by atoms with E-state index in [9.17, 15) is 43.6 Å². The molecule has 2 aromatic heterocycles. The van der Waals surface area contributed by atoms with E-state index in [1.807, 2.05) is 6.07 Å². The summed E-state index contributed by atoms with van der Waals surface area (Å²) >= 11 is 0. The first kappa shape index (κ1) is 52.4. The molecular formula is C31H34N10O15Tc+7. The number of carboxylic acid groups (broad SMARTS) is 4. The molecule has 0 aromatic carbocycles. The van der Waals surface area contributed by atoms with Gasteiger partial charge in [-0.1, -0.05) is 0 Å². The number of hydrogen-bond acceptors (Lipinski definition) is 11. The number of aromatic nitrogens is 4. The van der Waals surface area contributed by atoms with Gasteiger partial charge < -0.3 is 54.5 Å². The average Bonchev–Trinajstić information content (AvgIpc) is 3.93. The van der Waals surface area contributed by atoms with Crippen molar-refractivity contribution in [2.45, 2.75) is 45.1 Å². The Morgan fingerprint density at radius 1 is 0.737 bits per heavy atom. The minimum atomic E-state index is -1.44. The molecule has 2 aromatic rings. The fourth-order valence-corrected chi connectivity index (χ4v) is 4.99. The molecule has 1 saturated heterocycles. The number of hydrogen-bond donors (Lipinski definition) is 5. The summed E-state index contributed by atoms with van der Waals surface area (Å²) < 4.78 is 25.0. The van der Waals surface area contributed by atoms with E-state index < -0.39 is 99.5 Å². The number of rotatable bonds is 18. The van der Waals surface area contributed by atoms with E-state index in [4.69, 9.17) is 34.4 Å². The average molecular weight is 885 g/mol. The zero-order valence-corrected chi connectivity index (χ0v) is 31.4. The molecule has 0 spiro atoms. The zero-order chi connectivity index (χ0) is 43.0. The molecule has 5 N–H and O–H groups in total. The Balaban J connectivity index is 0. The summed E-state index contributed by atoms with van der Waals surface area (Å²) in [5.74, 6) is -7.92. The minimum absolute atomic E-state index is 0. The molecule has 1 aliphatic rings. The molecule has 0 bridgehead atoms. The van der Waals surface area contributed by atoms with Crippen molar-refractivity contribution in [3.8, 4) is 6.07 Å². The molecule has 25 nitrogen and oxygen atoms in total. The fraction of sp³-hybridized carbons (Fsp3) is 0.419. The number of nitrogens with one attached hydrogen (secondary N) is 1. The summed E-state index contributed by atoms with van der Waals surface area (Å²) in [7, 11) is 0. The van der Waals surface area contributed by atoms with E-state index >= 15 is 0 Å². The number of carbonyl (C=O) groups excluding carboxylic acids is 4. The molecule has 26 heteroatoms. The second-order valence-electron chi connectivity index (χ2n) is 10.9. The summed E-state index contributed by atoms with van der Waals surface area (Å²) in [5.41, 5.74) is 0. The van der Waals surface area contributed by atoms with E-state index in [-0.39, 0.29) is 44.8 Å². The quantitative estimate of drug-likeness (QED) is 0.0745. The van der Waals surface area contributed by atoms with Crippen molar-refractivity contribution < 1.29 is 92.8 Å². The van der Waals surface area contributed by atoms with Crippen molar-refractivity contribution >= 4 is 47.6 Å². The van der Waals surface area contributed by atoms with Gasteiger partial charge in [-0.3, -0.25) is 33.6 Å². The van der Waals surface area contributed by atoms with Crippen LogP contribution in [0.5, 0.6) is 0 Å². The Kier molecular flexibility index (Phi) is 25.6. The van der Waals surface area contributed by atoms with Crippen LogP contribution in [-0.2, 0) is 93.8 Å². The Bertz CT molecular complexity index is 1680. The van der Waals surface area contributed by atoms with E-state index in [0.717, 1.165) is 4.90 Å². The third-order valence-corrected chi connectivity index (χ3v) is 7.29. The molecule has 0 unspecified atom stereocenters. The number of carboxylic acids is 4. The molecule has 3 rings (SSSR count). The number of carbonyl (C=O) groups is 8. The summed E-state index contributed by atoms with van der Waals surface area (Å²) in [6.45, 7) is 7.93. The molecule has 57 heavy (non-hydrogen) atoms. The molecule has 1 atom stereocenters. The molecule has 1 aliphatic heterocycles. The summed E-state index contributed by atoms with van der Waals surface area (Å²) in [6, 6.07) is 0.546. The van der Waals surface area contributed by atoms with Gasteiger partial charge in [0.05, 0.1) is 25.7 Å². The molecule has 0 saturated carbocycles. The van der Waals surface area contributed by atoms with Crippen LogP contribution in [0.2, 0.25) is 0 Å². The number of imidazole rings is 2. The Morgan fingerprint density at radius 3 is 1.47 bits per heavy atom. The van der Waals surface area contributed by atoms with Gasteiger partial charge in [-0.15, -0.1) is 0 Å². The van der Waals surface area contributed by atoms with Gasteiger partial charge in [-0.05, 0) is 12.8 Å². The van der Waals surface area contributed by atoms with Gasteiger partial charge in [0.15, 0.2) is 0 Å². The first-order chi connectivity index (χ1) is 26.7. The van der Waals surface area contributed by atoms with Gasteiger partial charge in [0.1, 0.15) is 57.0 Å². The second-order valence-corrected chi connectivity index (χ2v) is 10.9. The van der Waals surface area contributed by atoms with Gasteiger partial charge in [-0.25, -0.2) is 14.8 Å². The maximum atomic E-state index is 13.5. The molecule has 1 fully saturated rings. The monoisotopic (exact) mass is 883 g/mol. The van der Waals surface area contributed by atoms with Gasteiger partial charge in [0.25, 0.3) is 0 Å². The minimum Gasteiger partial charge on any atom is 7.00 e. The fourth-order valence-electron chi connectivity index (χ4n) is 4.99. The van der Waals surface area contributed by atoms with E-state index in [1.54, 1.807) is 0 Å². The van der Waals surface area contributed by atoms with Crippen molar-refractivity contribution in [1.82, 2.24) is 44.0 Å². The molecule has 0 radical (unpaired) electrons. The van der Waals surface area contributed by atoms with Crippen LogP contribution in [0.1, 0.15) is 24.5 Å². The van der Waals surface area contributed by atoms with Gasteiger partial charge >= 0.3 is 83.9 Å². The molecule has 0 aliphatic carbocycles. The number of urea groups is 1. The van der Waals surface area contributed by atoms with Crippen LogP contribution >= 0.6 is 0 Å². The topological polar surface area (TPSA) is 362 Å². The van der Waals surface area contributed by atoms with Gasteiger partial charge in [0, 0.05) is 31.3 Å². The predicted octanol–water partition coefficient (Wildman–Crippen LogP) is -2.81. The summed E-state index contributed by atoms with van der Waals surface area (Å²) in [4.78, 5) is 109. The van der Waals surface area contributed by atoms with Gasteiger partial charge in [0.2, 0.25) is 17.7 Å². The molecule has 3 heterocycles. The van der Waals surface area contributed by atoms with Crippen LogP contribution < -0.4 is 5.32 Å². The standard InChI is InChI=1S/C28H34N10O12.3CO.Tc/c29-8-18-2-1-5-38(18)21(39)9-32-28(50)37(10-19-30-3-6-33(19)12-22(40)35(14-24(42)43)15-25(44)45)11-20-31-4-7-34(20)13-23(41)36(16-26(46)47)17-27(48)49;3*1-2;/h3-4,6-7,18H,1-2,5,9-17H2,(H,32,50)(H,42,43)(H,44,45)(H,46,47)(H,48,49);;;;/q;;;;+7/t18-;;;;/m0..../s1. The number of aliphatic carboxylic acids is 4.